The van der Waals surface area contributed by atoms with Crippen LogP contribution in [0, 0.1) is 6.92 Å². The number of benzene rings is 1. The van der Waals surface area contributed by atoms with Gasteiger partial charge in [0, 0.05) is 0 Å². The predicted molar refractivity (Wildman–Crippen MR) is 75.3 cm³/mol. The van der Waals surface area contributed by atoms with Gasteiger partial charge in [-0.2, -0.15) is 13.2 Å². The van der Waals surface area contributed by atoms with Gasteiger partial charge in [0.05, 0.1) is 16.8 Å². The summed E-state index contributed by atoms with van der Waals surface area (Å²) in [7, 11) is -2.76. The molecule has 0 unspecified atom stereocenters. The van der Waals surface area contributed by atoms with E-state index in [2.05, 4.69) is 4.74 Å². The Morgan fingerprint density at radius 2 is 2.00 bits per heavy atom. The molecule has 1 aromatic heterocycles. The topological polar surface area (TPSA) is 68.5 Å². The van der Waals surface area contributed by atoms with Gasteiger partial charge in [0.1, 0.15) is 17.0 Å². The van der Waals surface area contributed by atoms with Crippen LogP contribution in [-0.4, -0.2) is 22.7 Å². The van der Waals surface area contributed by atoms with E-state index >= 15 is 0 Å². The van der Waals surface area contributed by atoms with Crippen LogP contribution in [0.1, 0.15) is 25.7 Å². The Labute approximate surface area is 132 Å². The highest BCUT2D eigenvalue weighted by atomic mass is 19.4. The number of nitrogens with zero attached hydrogens (tertiary/aromatic N) is 1. The van der Waals surface area contributed by atoms with Gasteiger partial charge in [-0.3, -0.25) is 9.36 Å². The number of alkyl halides is 3. The molecule has 0 saturated heterocycles. The van der Waals surface area contributed by atoms with Gasteiger partial charge in [-0.15, -0.1) is 0 Å². The van der Waals surface area contributed by atoms with Crippen molar-refractivity contribution in [3.63, 3.8) is 0 Å². The number of aryl methyl sites for hydroxylation is 1. The van der Waals surface area contributed by atoms with Gasteiger partial charge in [0.25, 0.3) is 5.56 Å². The summed E-state index contributed by atoms with van der Waals surface area (Å²) < 4.78 is 65.8. The molecule has 1 heterocycles. The largest absolute Gasteiger partial charge is 0.497 e. The quantitative estimate of drug-likeness (QED) is 0.939. The molecule has 0 spiro atoms. The zero-order valence-electron chi connectivity index (χ0n) is 14.6. The Morgan fingerprint density at radius 3 is 2.52 bits per heavy atom. The Bertz CT molecular complexity index is 920. The Balaban J connectivity index is 2.73. The molecule has 0 radical (unpaired) electrons. The van der Waals surface area contributed by atoms with Crippen LogP contribution in [0.4, 0.5) is 13.2 Å². The minimum absolute atomic E-state index is 0.0851. The zero-order chi connectivity index (χ0) is 19.9. The van der Waals surface area contributed by atoms with E-state index in [0.29, 0.717) is 12.1 Å². The van der Waals surface area contributed by atoms with Crippen LogP contribution in [-0.2, 0) is 6.18 Å². The number of carbonyl (C=O) groups is 1. The molecule has 0 fully saturated rings. The summed E-state index contributed by atoms with van der Waals surface area (Å²) in [4.78, 5) is 23.4. The first-order chi connectivity index (χ1) is 11.8. The maximum absolute atomic E-state index is 13.3. The van der Waals surface area contributed by atoms with Crippen LogP contribution in [0.5, 0.6) is 5.75 Å². The number of hydrogen-bond donors (Lipinski definition) is 1. The average Bonchev–Trinajstić information content (AvgIpc) is 2.44. The fraction of sp³-hybridized carbons (Fsp3) is 0.200. The highest BCUT2D eigenvalue weighted by Gasteiger charge is 2.36. The lowest BCUT2D eigenvalue weighted by Crippen LogP contribution is -2.31. The first kappa shape index (κ1) is 12.7. The third-order valence-corrected chi connectivity index (χ3v) is 3.13. The van der Waals surface area contributed by atoms with Crippen LogP contribution in [0.3, 0.4) is 0 Å². The van der Waals surface area contributed by atoms with Gasteiger partial charge in [0.15, 0.2) is 0 Å². The zero-order valence-corrected chi connectivity index (χ0v) is 11.6. The van der Waals surface area contributed by atoms with Crippen molar-refractivity contribution in [1.82, 2.24) is 4.57 Å². The minimum atomic E-state index is -4.92. The van der Waals surface area contributed by atoms with Crippen molar-refractivity contribution in [2.75, 3.05) is 7.04 Å². The molecule has 0 amide bonds. The fourth-order valence-electron chi connectivity index (χ4n) is 2.10. The molecule has 0 atom stereocenters. The van der Waals surface area contributed by atoms with E-state index in [1.807, 2.05) is 0 Å². The molecule has 5 nitrogen and oxygen atoms in total. The highest BCUT2D eigenvalue weighted by molar-refractivity contribution is 5.87. The van der Waals surface area contributed by atoms with Gasteiger partial charge in [-0.25, -0.2) is 4.79 Å². The number of carboxylic acid groups (broad SMARTS) is 1. The van der Waals surface area contributed by atoms with E-state index in [-0.39, 0.29) is 21.6 Å². The van der Waals surface area contributed by atoms with Crippen molar-refractivity contribution in [3.05, 3.63) is 57.5 Å². The summed E-state index contributed by atoms with van der Waals surface area (Å²) in [6.07, 6.45) is -4.92. The monoisotopic (exact) mass is 330 g/mol. The molecule has 122 valence electrons. The Kier molecular flexibility index (Phi) is 3.21. The summed E-state index contributed by atoms with van der Waals surface area (Å²) in [5.41, 5.74) is -3.72. The SMILES string of the molecule is [2H]C([2H])([2H])Oc1ccc(-n2c(C(F)(F)F)ccc(C(=O)O)c2=O)c(C)c1. The van der Waals surface area contributed by atoms with Gasteiger partial charge >= 0.3 is 12.1 Å². The van der Waals surface area contributed by atoms with Gasteiger partial charge in [0.2, 0.25) is 0 Å². The van der Waals surface area contributed by atoms with Crippen LogP contribution in [0.2, 0.25) is 0 Å². The summed E-state index contributed by atoms with van der Waals surface area (Å²) in [6, 6.07) is 4.36. The Morgan fingerprint density at radius 1 is 1.30 bits per heavy atom. The summed E-state index contributed by atoms with van der Waals surface area (Å²) in [5.74, 6) is -1.81. The summed E-state index contributed by atoms with van der Waals surface area (Å²) in [5, 5.41) is 8.99. The molecule has 8 heteroatoms. The normalized spacial score (nSPS) is 13.8. The molecule has 2 rings (SSSR count). The number of methoxy groups -OCH3 is 1. The van der Waals surface area contributed by atoms with Crippen molar-refractivity contribution in [1.29, 1.82) is 0 Å². The number of aromatic carboxylic acids is 1. The molecule has 0 aliphatic rings. The average molecular weight is 330 g/mol. The summed E-state index contributed by atoms with van der Waals surface area (Å²) >= 11 is 0. The second-order valence-electron chi connectivity index (χ2n) is 4.63. The first-order valence-corrected chi connectivity index (χ1v) is 6.18. The lowest BCUT2D eigenvalue weighted by Gasteiger charge is -2.18. The fourth-order valence-corrected chi connectivity index (χ4v) is 2.10. The summed E-state index contributed by atoms with van der Waals surface area (Å²) in [6.45, 7) is 1.34. The van der Waals surface area contributed by atoms with E-state index < -0.39 is 36.0 Å². The third-order valence-electron chi connectivity index (χ3n) is 3.13. The number of pyridine rings is 1. The number of halogens is 3. The molecule has 23 heavy (non-hydrogen) atoms. The van der Waals surface area contributed by atoms with Gasteiger partial charge in [-0.05, 0) is 42.8 Å². The molecule has 2 aromatic rings. The van der Waals surface area contributed by atoms with Crippen LogP contribution in [0.25, 0.3) is 5.69 Å². The van der Waals surface area contributed by atoms with Crippen molar-refractivity contribution >= 4 is 5.97 Å². The maximum Gasteiger partial charge on any atom is 0.431 e. The molecule has 1 N–H and O–H groups in total. The van der Waals surface area contributed by atoms with Gasteiger partial charge < -0.3 is 9.84 Å². The molecular formula is C15H12F3NO4. The van der Waals surface area contributed by atoms with Gasteiger partial charge in [-0.1, -0.05) is 0 Å². The van der Waals surface area contributed by atoms with E-state index in [1.54, 1.807) is 0 Å². The lowest BCUT2D eigenvalue weighted by molar-refractivity contribution is -0.142. The maximum atomic E-state index is 13.3. The molecule has 0 bridgehead atoms. The van der Waals surface area contributed by atoms with Crippen LogP contribution < -0.4 is 10.3 Å². The molecule has 0 aliphatic carbocycles. The molecular weight excluding hydrogens is 315 g/mol. The smallest absolute Gasteiger partial charge is 0.431 e. The van der Waals surface area contributed by atoms with Crippen molar-refractivity contribution in [2.24, 2.45) is 0 Å². The van der Waals surface area contributed by atoms with Crippen LogP contribution in [0.15, 0.2) is 35.1 Å². The number of aromatic nitrogens is 1. The molecule has 1 aromatic carbocycles. The minimum Gasteiger partial charge on any atom is -0.497 e. The van der Waals surface area contributed by atoms with Crippen molar-refractivity contribution in [3.8, 4) is 11.4 Å². The second kappa shape index (κ2) is 5.79. The predicted octanol–water partition coefficient (Wildman–Crippen LogP) is 2.87. The van der Waals surface area contributed by atoms with E-state index in [1.165, 1.54) is 6.92 Å². The van der Waals surface area contributed by atoms with Crippen molar-refractivity contribution < 1.29 is 31.9 Å². The lowest BCUT2D eigenvalue weighted by atomic mass is 10.1. The first-order valence-electron chi connectivity index (χ1n) is 7.68. The third kappa shape index (κ3) is 3.05. The van der Waals surface area contributed by atoms with E-state index in [9.17, 15) is 22.8 Å². The van der Waals surface area contributed by atoms with Crippen LogP contribution >= 0.6 is 0 Å². The van der Waals surface area contributed by atoms with E-state index in [4.69, 9.17) is 9.22 Å². The van der Waals surface area contributed by atoms with E-state index in [0.717, 1.165) is 18.2 Å². The standard InChI is InChI=1S/C15H12F3NO4/c1-8-7-9(23-2)3-5-11(8)19-12(15(16,17)18)6-4-10(13(19)20)14(21)22/h3-7H,1-2H3,(H,21,22)/i2D3. The molecule has 0 aliphatic heterocycles. The van der Waals surface area contributed by atoms with Crippen molar-refractivity contribution in [2.45, 2.75) is 13.1 Å². The number of ether oxygens (including phenoxy) is 1. The molecule has 0 saturated carbocycles. The number of hydrogen-bond acceptors (Lipinski definition) is 3. The number of carboxylic acids is 1. The second-order valence-corrected chi connectivity index (χ2v) is 4.63. The Hall–Kier alpha value is -2.77. The highest BCUT2D eigenvalue weighted by Crippen LogP contribution is 2.31. The number of rotatable bonds is 3.